The molecule has 0 spiro atoms. The van der Waals surface area contributed by atoms with E-state index >= 15 is 0 Å². The highest BCUT2D eigenvalue weighted by Crippen LogP contribution is 2.15. The topological polar surface area (TPSA) is 19.7 Å². The van der Waals surface area contributed by atoms with E-state index < -0.39 is 0 Å². The second kappa shape index (κ2) is 7.92. The van der Waals surface area contributed by atoms with E-state index in [1.807, 2.05) is 36.4 Å². The van der Waals surface area contributed by atoms with Crippen molar-refractivity contribution in [3.05, 3.63) is 64.9 Å². The monoisotopic (exact) mass is 364 g/mol. The van der Waals surface area contributed by atoms with Crippen LogP contribution < -0.4 is 10.2 Å². The van der Waals surface area contributed by atoms with Gasteiger partial charge in [-0.2, -0.15) is 0 Å². The number of rotatable bonds is 3. The number of hydrogen-bond acceptors (Lipinski definition) is 1. The Labute approximate surface area is 152 Å². The van der Waals surface area contributed by atoms with E-state index in [1.54, 1.807) is 6.07 Å². The smallest absolute Gasteiger partial charge is 0.177 e. The van der Waals surface area contributed by atoms with E-state index in [9.17, 15) is 4.39 Å². The van der Waals surface area contributed by atoms with Crippen molar-refractivity contribution >= 4 is 34.6 Å². The molecule has 2 aromatic carbocycles. The van der Waals surface area contributed by atoms with Gasteiger partial charge >= 0.3 is 0 Å². The molecule has 2 aromatic rings. The molecule has 1 aliphatic rings. The molecule has 1 aliphatic heterocycles. The molecule has 0 amide bonds. The fourth-order valence-corrected chi connectivity index (χ4v) is 3.41. The molecule has 0 aromatic heterocycles. The Morgan fingerprint density at radius 1 is 1.25 bits per heavy atom. The van der Waals surface area contributed by atoms with Gasteiger partial charge in [-0.15, -0.1) is 0 Å². The van der Waals surface area contributed by atoms with E-state index in [0.29, 0.717) is 16.7 Å². The van der Waals surface area contributed by atoms with Crippen LogP contribution in [-0.4, -0.2) is 29.8 Å². The van der Waals surface area contributed by atoms with Crippen molar-refractivity contribution in [1.29, 1.82) is 0 Å². The van der Waals surface area contributed by atoms with Crippen LogP contribution >= 0.6 is 23.8 Å². The van der Waals surface area contributed by atoms with Crippen LogP contribution in [0.15, 0.2) is 48.5 Å². The number of nitrogens with zero attached hydrogens (tertiary/aromatic N) is 1. The van der Waals surface area contributed by atoms with Crippen molar-refractivity contribution in [1.82, 2.24) is 4.90 Å². The lowest BCUT2D eigenvalue weighted by atomic mass is 10.2. The summed E-state index contributed by atoms with van der Waals surface area (Å²) >= 11 is 11.5. The van der Waals surface area contributed by atoms with Gasteiger partial charge in [0, 0.05) is 29.2 Å². The summed E-state index contributed by atoms with van der Waals surface area (Å²) in [4.78, 5) is 3.44. The normalized spacial score (nSPS) is 17.6. The SMILES string of the molecule is Fc1ccccc1C[NH+]1CCCN(C(=S)Nc2cccc(Cl)c2)C1. The summed E-state index contributed by atoms with van der Waals surface area (Å²) in [6.45, 7) is 3.36. The van der Waals surface area contributed by atoms with Crippen molar-refractivity contribution in [2.75, 3.05) is 25.1 Å². The van der Waals surface area contributed by atoms with Crippen molar-refractivity contribution in [2.24, 2.45) is 0 Å². The van der Waals surface area contributed by atoms with Crippen LogP contribution in [0.2, 0.25) is 5.02 Å². The molecular weight excluding hydrogens is 345 g/mol. The Kier molecular flexibility index (Phi) is 5.66. The van der Waals surface area contributed by atoms with Gasteiger partial charge in [-0.3, -0.25) is 0 Å². The summed E-state index contributed by atoms with van der Waals surface area (Å²) in [6.07, 6.45) is 1.03. The summed E-state index contributed by atoms with van der Waals surface area (Å²) in [7, 11) is 0. The highest BCUT2D eigenvalue weighted by atomic mass is 35.5. The van der Waals surface area contributed by atoms with Crippen molar-refractivity contribution in [3.63, 3.8) is 0 Å². The highest BCUT2D eigenvalue weighted by Gasteiger charge is 2.23. The molecule has 126 valence electrons. The number of quaternary nitrogens is 1. The first-order valence-corrected chi connectivity index (χ1v) is 8.79. The third-order valence-electron chi connectivity index (χ3n) is 4.13. The molecule has 3 nitrogen and oxygen atoms in total. The fraction of sp³-hybridized carbons (Fsp3) is 0.278. The Balaban J connectivity index is 1.60. The number of anilines is 1. The van der Waals surface area contributed by atoms with Gasteiger partial charge in [0.15, 0.2) is 11.8 Å². The summed E-state index contributed by atoms with van der Waals surface area (Å²) < 4.78 is 13.8. The van der Waals surface area contributed by atoms with Crippen LogP contribution in [-0.2, 0) is 6.54 Å². The Morgan fingerprint density at radius 2 is 2.08 bits per heavy atom. The molecule has 1 heterocycles. The molecule has 0 bridgehead atoms. The van der Waals surface area contributed by atoms with E-state index in [4.69, 9.17) is 23.8 Å². The first-order valence-electron chi connectivity index (χ1n) is 8.00. The molecule has 6 heteroatoms. The molecule has 0 saturated carbocycles. The standard InChI is InChI=1S/C18H19ClFN3S/c19-15-6-3-7-16(11-15)21-18(24)23-10-4-9-22(13-23)12-14-5-1-2-8-17(14)20/h1-3,5-8,11H,4,9-10,12-13H2,(H,21,24)/p+1. The first-order chi connectivity index (χ1) is 11.6. The van der Waals surface area contributed by atoms with Crippen molar-refractivity contribution in [2.45, 2.75) is 13.0 Å². The quantitative estimate of drug-likeness (QED) is 0.817. The van der Waals surface area contributed by atoms with Crippen LogP contribution in [0, 0.1) is 5.82 Å². The molecule has 2 N–H and O–H groups in total. The predicted octanol–water partition coefficient (Wildman–Crippen LogP) is 2.92. The third-order valence-corrected chi connectivity index (χ3v) is 4.73. The molecule has 1 unspecified atom stereocenters. The lowest BCUT2D eigenvalue weighted by Gasteiger charge is -2.34. The van der Waals surface area contributed by atoms with Gasteiger partial charge in [-0.05, 0) is 36.5 Å². The number of benzene rings is 2. The molecule has 1 atom stereocenters. The van der Waals surface area contributed by atoms with Crippen molar-refractivity contribution < 1.29 is 9.29 Å². The van der Waals surface area contributed by atoms with Gasteiger partial charge in [-0.1, -0.05) is 35.9 Å². The molecule has 0 radical (unpaired) electrons. The number of hydrogen-bond donors (Lipinski definition) is 2. The average molecular weight is 365 g/mol. The van der Waals surface area contributed by atoms with Crippen LogP contribution in [0.3, 0.4) is 0 Å². The highest BCUT2D eigenvalue weighted by molar-refractivity contribution is 7.80. The Bertz CT molecular complexity index is 725. The average Bonchev–Trinajstić information content (AvgIpc) is 2.57. The minimum absolute atomic E-state index is 0.137. The first kappa shape index (κ1) is 17.1. The molecule has 0 aliphatic carbocycles. The van der Waals surface area contributed by atoms with Gasteiger partial charge in [0.1, 0.15) is 12.4 Å². The van der Waals surface area contributed by atoms with E-state index in [2.05, 4.69) is 10.2 Å². The summed E-state index contributed by atoms with van der Waals surface area (Å²) in [5, 5.41) is 4.59. The predicted molar refractivity (Wildman–Crippen MR) is 99.8 cm³/mol. The third kappa shape index (κ3) is 4.44. The lowest BCUT2D eigenvalue weighted by Crippen LogP contribution is -3.13. The summed E-state index contributed by atoms with van der Waals surface area (Å²) in [5.41, 5.74) is 1.64. The maximum absolute atomic E-state index is 13.8. The van der Waals surface area contributed by atoms with Crippen LogP contribution in [0.4, 0.5) is 10.1 Å². The largest absolute Gasteiger partial charge is 0.332 e. The Hall–Kier alpha value is -1.69. The van der Waals surface area contributed by atoms with Crippen molar-refractivity contribution in [3.8, 4) is 0 Å². The van der Waals surface area contributed by atoms with E-state index in [-0.39, 0.29) is 5.82 Å². The summed E-state index contributed by atoms with van der Waals surface area (Å²) in [6, 6.07) is 14.5. The zero-order chi connectivity index (χ0) is 16.9. The number of thiocarbonyl (C=S) groups is 1. The molecular formula is C18H20ClFN3S+. The molecule has 24 heavy (non-hydrogen) atoms. The van der Waals surface area contributed by atoms with E-state index in [1.165, 1.54) is 11.0 Å². The minimum Gasteiger partial charge on any atom is -0.332 e. The maximum atomic E-state index is 13.8. The Morgan fingerprint density at radius 3 is 2.88 bits per heavy atom. The fourth-order valence-electron chi connectivity index (χ4n) is 2.95. The van der Waals surface area contributed by atoms with Gasteiger partial charge in [0.05, 0.1) is 6.54 Å². The zero-order valence-corrected chi connectivity index (χ0v) is 14.8. The number of halogens is 2. The summed E-state index contributed by atoms with van der Waals surface area (Å²) in [5.74, 6) is -0.137. The van der Waals surface area contributed by atoms with Gasteiger partial charge in [-0.25, -0.2) is 4.39 Å². The second-order valence-electron chi connectivity index (χ2n) is 5.98. The van der Waals surface area contributed by atoms with Crippen LogP contribution in [0.1, 0.15) is 12.0 Å². The van der Waals surface area contributed by atoms with Crippen LogP contribution in [0.25, 0.3) is 0 Å². The van der Waals surface area contributed by atoms with Gasteiger partial charge < -0.3 is 15.1 Å². The zero-order valence-electron chi connectivity index (χ0n) is 13.3. The molecule has 3 rings (SSSR count). The molecule has 1 saturated heterocycles. The molecule has 1 fully saturated rings. The van der Waals surface area contributed by atoms with Gasteiger partial charge in [0.2, 0.25) is 0 Å². The minimum atomic E-state index is -0.137. The van der Waals surface area contributed by atoms with E-state index in [0.717, 1.165) is 37.4 Å². The maximum Gasteiger partial charge on any atom is 0.177 e. The number of nitrogens with one attached hydrogen (secondary N) is 2. The van der Waals surface area contributed by atoms with Gasteiger partial charge in [0.25, 0.3) is 0 Å². The lowest BCUT2D eigenvalue weighted by molar-refractivity contribution is -0.927. The second-order valence-corrected chi connectivity index (χ2v) is 6.81. The van der Waals surface area contributed by atoms with Crippen LogP contribution in [0.5, 0.6) is 0 Å².